The van der Waals surface area contributed by atoms with Crippen LogP contribution in [-0.4, -0.2) is 18.4 Å². The van der Waals surface area contributed by atoms with E-state index < -0.39 is 11.9 Å². The summed E-state index contributed by atoms with van der Waals surface area (Å²) in [5.41, 5.74) is -0.0947. The summed E-state index contributed by atoms with van der Waals surface area (Å²) in [4.78, 5) is 22.9. The summed E-state index contributed by atoms with van der Waals surface area (Å²) >= 11 is 0. The number of esters is 1. The Bertz CT molecular complexity index is 315. The summed E-state index contributed by atoms with van der Waals surface area (Å²) < 4.78 is 4.78. The molecule has 0 bridgehead atoms. The highest BCUT2D eigenvalue weighted by molar-refractivity contribution is 6.01. The number of carbonyl (C=O) groups excluding carboxylic acids is 2. The highest BCUT2D eigenvalue weighted by Gasteiger charge is 2.23. The second kappa shape index (κ2) is 7.63. The van der Waals surface area contributed by atoms with Gasteiger partial charge in [0.05, 0.1) is 18.6 Å². The Kier molecular flexibility index (Phi) is 6.86. The second-order valence-corrected chi connectivity index (χ2v) is 3.45. The quantitative estimate of drug-likeness (QED) is 0.376. The monoisotopic (exact) mass is 223 g/mol. The van der Waals surface area contributed by atoms with E-state index in [-0.39, 0.29) is 17.8 Å². The van der Waals surface area contributed by atoms with Gasteiger partial charge in [-0.2, -0.15) is 5.26 Å². The lowest BCUT2D eigenvalue weighted by Crippen LogP contribution is -2.20. The van der Waals surface area contributed by atoms with Crippen LogP contribution in [0.4, 0.5) is 0 Å². The van der Waals surface area contributed by atoms with E-state index in [4.69, 9.17) is 10.00 Å². The molecule has 0 aromatic heterocycles. The first-order valence-corrected chi connectivity index (χ1v) is 5.35. The van der Waals surface area contributed by atoms with E-state index in [1.165, 1.54) is 0 Å². The number of Topliss-reactive ketones (excluding diaryl/α,β-unsaturated/α-hetero) is 1. The fraction of sp³-hybridized carbons (Fsp3) is 0.583. The zero-order valence-electron chi connectivity index (χ0n) is 9.78. The van der Waals surface area contributed by atoms with Crippen LogP contribution in [0.1, 0.15) is 33.1 Å². The first-order valence-electron chi connectivity index (χ1n) is 5.35. The van der Waals surface area contributed by atoms with Gasteiger partial charge in [-0.25, -0.2) is 0 Å². The molecule has 1 unspecified atom stereocenters. The summed E-state index contributed by atoms with van der Waals surface area (Å²) in [5.74, 6) is -1.23. The summed E-state index contributed by atoms with van der Waals surface area (Å²) in [6.07, 6.45) is 1.37. The van der Waals surface area contributed by atoms with Crippen molar-refractivity contribution in [2.75, 3.05) is 6.61 Å². The minimum atomic E-state index is -0.476. The van der Waals surface area contributed by atoms with Crippen LogP contribution in [0.3, 0.4) is 0 Å². The van der Waals surface area contributed by atoms with E-state index in [0.717, 1.165) is 6.42 Å². The van der Waals surface area contributed by atoms with Crippen molar-refractivity contribution in [2.24, 2.45) is 5.92 Å². The molecule has 0 aromatic rings. The SMILES string of the molecule is C=C(C#N)C(=O)C(CCC)CC(=O)OCC. The number of hydrogen-bond donors (Lipinski definition) is 0. The maximum atomic E-state index is 11.7. The second-order valence-electron chi connectivity index (χ2n) is 3.45. The number of ketones is 1. The van der Waals surface area contributed by atoms with Crippen LogP contribution in [0.2, 0.25) is 0 Å². The summed E-state index contributed by atoms with van der Waals surface area (Å²) in [7, 11) is 0. The van der Waals surface area contributed by atoms with Crippen molar-refractivity contribution in [3.05, 3.63) is 12.2 Å². The molecule has 4 nitrogen and oxygen atoms in total. The van der Waals surface area contributed by atoms with Crippen molar-refractivity contribution < 1.29 is 14.3 Å². The largest absolute Gasteiger partial charge is 0.466 e. The highest BCUT2D eigenvalue weighted by atomic mass is 16.5. The molecule has 4 heteroatoms. The van der Waals surface area contributed by atoms with Gasteiger partial charge in [0.2, 0.25) is 0 Å². The van der Waals surface area contributed by atoms with Crippen molar-refractivity contribution >= 4 is 11.8 Å². The van der Waals surface area contributed by atoms with Gasteiger partial charge in [-0.1, -0.05) is 19.9 Å². The normalized spacial score (nSPS) is 11.3. The van der Waals surface area contributed by atoms with Crippen LogP contribution < -0.4 is 0 Å². The molecule has 0 radical (unpaired) electrons. The van der Waals surface area contributed by atoms with Crippen LogP contribution in [0.15, 0.2) is 12.2 Å². The third-order valence-corrected chi connectivity index (χ3v) is 2.16. The molecule has 0 spiro atoms. The zero-order valence-corrected chi connectivity index (χ0v) is 9.78. The Morgan fingerprint density at radius 1 is 1.44 bits per heavy atom. The smallest absolute Gasteiger partial charge is 0.306 e. The van der Waals surface area contributed by atoms with Crippen LogP contribution in [0.25, 0.3) is 0 Å². The topological polar surface area (TPSA) is 67.2 Å². The van der Waals surface area contributed by atoms with E-state index in [1.54, 1.807) is 13.0 Å². The van der Waals surface area contributed by atoms with E-state index in [9.17, 15) is 9.59 Å². The van der Waals surface area contributed by atoms with Gasteiger partial charge in [-0.15, -0.1) is 0 Å². The molecule has 0 aliphatic carbocycles. The maximum Gasteiger partial charge on any atom is 0.306 e. The van der Waals surface area contributed by atoms with Crippen molar-refractivity contribution in [2.45, 2.75) is 33.1 Å². The van der Waals surface area contributed by atoms with Crippen LogP contribution in [0.5, 0.6) is 0 Å². The minimum Gasteiger partial charge on any atom is -0.466 e. The molecule has 0 amide bonds. The van der Waals surface area contributed by atoms with Crippen LogP contribution in [0, 0.1) is 17.2 Å². The minimum absolute atomic E-state index is 0.0290. The summed E-state index contributed by atoms with van der Waals surface area (Å²) in [5, 5.41) is 8.57. The van der Waals surface area contributed by atoms with Gasteiger partial charge < -0.3 is 4.74 Å². The van der Waals surface area contributed by atoms with Gasteiger partial charge >= 0.3 is 5.97 Å². The van der Waals surface area contributed by atoms with E-state index in [0.29, 0.717) is 13.0 Å². The fourth-order valence-electron chi connectivity index (χ4n) is 1.40. The number of hydrogen-bond acceptors (Lipinski definition) is 4. The molecule has 0 aliphatic heterocycles. The van der Waals surface area contributed by atoms with Gasteiger partial charge in [0.1, 0.15) is 6.07 Å². The Balaban J connectivity index is 4.50. The first-order chi connectivity index (χ1) is 7.56. The number of nitriles is 1. The number of ether oxygens (including phenoxy) is 1. The van der Waals surface area contributed by atoms with E-state index in [2.05, 4.69) is 6.58 Å². The van der Waals surface area contributed by atoms with Gasteiger partial charge in [0, 0.05) is 5.92 Å². The number of nitrogens with zero attached hydrogens (tertiary/aromatic N) is 1. The van der Waals surface area contributed by atoms with Gasteiger partial charge in [0.15, 0.2) is 5.78 Å². The zero-order chi connectivity index (χ0) is 12.6. The summed E-state index contributed by atoms with van der Waals surface area (Å²) in [6.45, 7) is 7.29. The van der Waals surface area contributed by atoms with Crippen LogP contribution >= 0.6 is 0 Å². The lowest BCUT2D eigenvalue weighted by molar-refractivity contribution is -0.145. The molecule has 88 valence electrons. The lowest BCUT2D eigenvalue weighted by Gasteiger charge is -2.12. The molecule has 0 aliphatic rings. The van der Waals surface area contributed by atoms with Crippen LogP contribution in [-0.2, 0) is 14.3 Å². The Morgan fingerprint density at radius 2 is 2.06 bits per heavy atom. The van der Waals surface area contributed by atoms with E-state index in [1.807, 2.05) is 6.92 Å². The predicted molar refractivity (Wildman–Crippen MR) is 59.4 cm³/mol. The van der Waals surface area contributed by atoms with Crippen molar-refractivity contribution in [3.63, 3.8) is 0 Å². The summed E-state index contributed by atoms with van der Waals surface area (Å²) in [6, 6.07) is 1.71. The molecular weight excluding hydrogens is 206 g/mol. The lowest BCUT2D eigenvalue weighted by atomic mass is 9.91. The molecule has 0 rings (SSSR count). The number of carbonyl (C=O) groups is 2. The van der Waals surface area contributed by atoms with Gasteiger partial charge in [0.25, 0.3) is 0 Å². The third-order valence-electron chi connectivity index (χ3n) is 2.16. The number of rotatable bonds is 7. The molecular formula is C12H17NO3. The Labute approximate surface area is 95.9 Å². The first kappa shape index (κ1) is 14.4. The van der Waals surface area contributed by atoms with Crippen molar-refractivity contribution in [1.29, 1.82) is 5.26 Å². The molecule has 0 N–H and O–H groups in total. The molecule has 16 heavy (non-hydrogen) atoms. The molecule has 0 fully saturated rings. The average Bonchev–Trinajstić information content (AvgIpc) is 2.26. The molecule has 0 aromatic carbocycles. The van der Waals surface area contributed by atoms with E-state index >= 15 is 0 Å². The Morgan fingerprint density at radius 3 is 2.50 bits per heavy atom. The number of allylic oxidation sites excluding steroid dienone is 1. The third kappa shape index (κ3) is 4.74. The average molecular weight is 223 g/mol. The Hall–Kier alpha value is -1.63. The molecule has 0 heterocycles. The fourth-order valence-corrected chi connectivity index (χ4v) is 1.40. The molecule has 1 atom stereocenters. The molecule has 0 saturated heterocycles. The highest BCUT2D eigenvalue weighted by Crippen LogP contribution is 2.16. The predicted octanol–water partition coefficient (Wildman–Crippen LogP) is 2.00. The van der Waals surface area contributed by atoms with Gasteiger partial charge in [-0.3, -0.25) is 9.59 Å². The van der Waals surface area contributed by atoms with Gasteiger partial charge in [-0.05, 0) is 13.3 Å². The standard InChI is InChI=1S/C12H17NO3/c1-4-6-10(7-11(14)16-5-2)12(15)9(3)8-13/h10H,3-7H2,1-2H3. The maximum absolute atomic E-state index is 11.7. The molecule has 0 saturated carbocycles. The van der Waals surface area contributed by atoms with Crippen molar-refractivity contribution in [1.82, 2.24) is 0 Å². The van der Waals surface area contributed by atoms with Crippen molar-refractivity contribution in [3.8, 4) is 6.07 Å².